The Morgan fingerprint density at radius 3 is 2.67 bits per heavy atom. The van der Waals surface area contributed by atoms with Crippen molar-refractivity contribution in [2.24, 2.45) is 5.73 Å². The van der Waals surface area contributed by atoms with Gasteiger partial charge in [0.15, 0.2) is 0 Å². The Morgan fingerprint density at radius 2 is 2.05 bits per heavy atom. The maximum atomic E-state index is 11.9. The van der Waals surface area contributed by atoms with Crippen LogP contribution in [0.2, 0.25) is 0 Å². The van der Waals surface area contributed by atoms with E-state index in [1.807, 2.05) is 0 Å². The van der Waals surface area contributed by atoms with Crippen molar-refractivity contribution in [3.8, 4) is 10.6 Å². The highest BCUT2D eigenvalue weighted by Crippen LogP contribution is 2.25. The third-order valence-corrected chi connectivity index (χ3v) is 4.12. The summed E-state index contributed by atoms with van der Waals surface area (Å²) in [6, 6.07) is 8.35. The first-order chi connectivity index (χ1) is 10.1. The van der Waals surface area contributed by atoms with E-state index >= 15 is 0 Å². The Hall–Kier alpha value is -1.72. The standard InChI is InChI=1S/C16H21N3OS/c1-11(2)12-4-6-13(7-5-12)16-19-14(10-21-16)15(20)18-9-3-8-17/h4-7,10-11H,3,8-9,17H2,1-2H3,(H,18,20). The number of thiazole rings is 1. The van der Waals surface area contributed by atoms with Crippen molar-refractivity contribution in [1.82, 2.24) is 10.3 Å². The number of rotatable bonds is 6. The zero-order valence-corrected chi connectivity index (χ0v) is 13.2. The fourth-order valence-corrected chi connectivity index (χ4v) is 2.72. The topological polar surface area (TPSA) is 68.0 Å². The van der Waals surface area contributed by atoms with E-state index in [0.29, 0.717) is 24.7 Å². The molecule has 3 N–H and O–H groups in total. The van der Waals surface area contributed by atoms with Crippen LogP contribution in [0.3, 0.4) is 0 Å². The quantitative estimate of drug-likeness (QED) is 0.806. The molecule has 112 valence electrons. The first kappa shape index (κ1) is 15.7. The first-order valence-electron chi connectivity index (χ1n) is 7.16. The highest BCUT2D eigenvalue weighted by atomic mass is 32.1. The summed E-state index contributed by atoms with van der Waals surface area (Å²) in [5, 5.41) is 5.48. The van der Waals surface area contributed by atoms with Crippen molar-refractivity contribution in [3.63, 3.8) is 0 Å². The first-order valence-corrected chi connectivity index (χ1v) is 8.04. The van der Waals surface area contributed by atoms with Gasteiger partial charge in [0.2, 0.25) is 0 Å². The molecule has 1 aromatic heterocycles. The molecular formula is C16H21N3OS. The molecule has 0 aliphatic rings. The van der Waals surface area contributed by atoms with Gasteiger partial charge in [0.1, 0.15) is 10.7 Å². The second-order valence-electron chi connectivity index (χ2n) is 5.21. The van der Waals surface area contributed by atoms with Gasteiger partial charge in [0, 0.05) is 17.5 Å². The van der Waals surface area contributed by atoms with E-state index in [4.69, 9.17) is 5.73 Å². The van der Waals surface area contributed by atoms with Gasteiger partial charge < -0.3 is 11.1 Å². The minimum atomic E-state index is -0.134. The minimum absolute atomic E-state index is 0.134. The summed E-state index contributed by atoms with van der Waals surface area (Å²) < 4.78 is 0. The Kier molecular flexibility index (Phi) is 5.47. The Labute approximate surface area is 129 Å². The predicted molar refractivity (Wildman–Crippen MR) is 87.6 cm³/mol. The van der Waals surface area contributed by atoms with E-state index in [0.717, 1.165) is 17.0 Å². The lowest BCUT2D eigenvalue weighted by Gasteiger charge is -2.05. The monoisotopic (exact) mass is 303 g/mol. The van der Waals surface area contributed by atoms with Crippen LogP contribution in [-0.2, 0) is 0 Å². The van der Waals surface area contributed by atoms with Gasteiger partial charge in [-0.25, -0.2) is 4.98 Å². The van der Waals surface area contributed by atoms with Gasteiger partial charge >= 0.3 is 0 Å². The van der Waals surface area contributed by atoms with Crippen molar-refractivity contribution in [1.29, 1.82) is 0 Å². The van der Waals surface area contributed by atoms with Crippen LogP contribution in [0.25, 0.3) is 10.6 Å². The molecule has 0 aliphatic heterocycles. The molecule has 0 aliphatic carbocycles. The second-order valence-corrected chi connectivity index (χ2v) is 6.07. The summed E-state index contributed by atoms with van der Waals surface area (Å²) in [5.74, 6) is 0.379. The largest absolute Gasteiger partial charge is 0.351 e. The number of carbonyl (C=O) groups is 1. The summed E-state index contributed by atoms with van der Waals surface area (Å²) in [4.78, 5) is 16.3. The molecule has 21 heavy (non-hydrogen) atoms. The number of benzene rings is 1. The van der Waals surface area contributed by atoms with Crippen molar-refractivity contribution >= 4 is 17.2 Å². The SMILES string of the molecule is CC(C)c1ccc(-c2nc(C(=O)NCCCN)cs2)cc1. The lowest BCUT2D eigenvalue weighted by Crippen LogP contribution is -2.26. The minimum Gasteiger partial charge on any atom is -0.351 e. The van der Waals surface area contributed by atoms with Gasteiger partial charge in [-0.2, -0.15) is 0 Å². The van der Waals surface area contributed by atoms with E-state index in [9.17, 15) is 4.79 Å². The fourth-order valence-electron chi connectivity index (χ4n) is 1.92. The van der Waals surface area contributed by atoms with E-state index in [-0.39, 0.29) is 5.91 Å². The molecule has 1 heterocycles. The lowest BCUT2D eigenvalue weighted by molar-refractivity contribution is 0.0949. The number of aromatic nitrogens is 1. The Balaban J connectivity index is 2.07. The number of amides is 1. The number of carbonyl (C=O) groups excluding carboxylic acids is 1. The fraction of sp³-hybridized carbons (Fsp3) is 0.375. The molecule has 0 radical (unpaired) electrons. The van der Waals surface area contributed by atoms with Gasteiger partial charge in [-0.05, 0) is 24.4 Å². The molecule has 2 aromatic rings. The second kappa shape index (κ2) is 7.33. The third-order valence-electron chi connectivity index (χ3n) is 3.23. The average Bonchev–Trinajstić information content (AvgIpc) is 2.97. The number of hydrogen-bond donors (Lipinski definition) is 2. The van der Waals surface area contributed by atoms with Crippen LogP contribution < -0.4 is 11.1 Å². The summed E-state index contributed by atoms with van der Waals surface area (Å²) in [5.41, 5.74) is 8.22. The Bertz CT molecular complexity index is 590. The molecule has 0 unspecified atom stereocenters. The molecular weight excluding hydrogens is 282 g/mol. The third kappa shape index (κ3) is 4.12. The number of nitrogens with zero attached hydrogens (tertiary/aromatic N) is 1. The van der Waals surface area contributed by atoms with Crippen LogP contribution in [0.4, 0.5) is 0 Å². The van der Waals surface area contributed by atoms with Crippen molar-refractivity contribution in [2.45, 2.75) is 26.2 Å². The number of nitrogens with one attached hydrogen (secondary N) is 1. The Morgan fingerprint density at radius 1 is 1.33 bits per heavy atom. The smallest absolute Gasteiger partial charge is 0.270 e. The average molecular weight is 303 g/mol. The number of hydrogen-bond acceptors (Lipinski definition) is 4. The van der Waals surface area contributed by atoms with Gasteiger partial charge in [-0.15, -0.1) is 11.3 Å². The van der Waals surface area contributed by atoms with Crippen LogP contribution in [0.1, 0.15) is 42.2 Å². The molecule has 0 fully saturated rings. The summed E-state index contributed by atoms with van der Waals surface area (Å²) in [7, 11) is 0. The van der Waals surface area contributed by atoms with Gasteiger partial charge in [-0.1, -0.05) is 38.1 Å². The van der Waals surface area contributed by atoms with Crippen molar-refractivity contribution < 1.29 is 4.79 Å². The van der Waals surface area contributed by atoms with Crippen LogP contribution in [0.15, 0.2) is 29.6 Å². The predicted octanol–water partition coefficient (Wildman–Crippen LogP) is 3.01. The van der Waals surface area contributed by atoms with Crippen molar-refractivity contribution in [3.05, 3.63) is 40.9 Å². The molecule has 0 saturated heterocycles. The van der Waals surface area contributed by atoms with E-state index in [2.05, 4.69) is 48.4 Å². The van der Waals surface area contributed by atoms with Crippen LogP contribution in [-0.4, -0.2) is 24.0 Å². The molecule has 0 spiro atoms. The van der Waals surface area contributed by atoms with Crippen LogP contribution in [0.5, 0.6) is 0 Å². The molecule has 5 heteroatoms. The summed E-state index contributed by atoms with van der Waals surface area (Å²) >= 11 is 1.49. The van der Waals surface area contributed by atoms with Gasteiger partial charge in [0.25, 0.3) is 5.91 Å². The molecule has 4 nitrogen and oxygen atoms in total. The highest BCUT2D eigenvalue weighted by Gasteiger charge is 2.11. The zero-order chi connectivity index (χ0) is 15.2. The molecule has 0 saturated carbocycles. The van der Waals surface area contributed by atoms with Crippen molar-refractivity contribution in [2.75, 3.05) is 13.1 Å². The molecule has 0 atom stereocenters. The number of nitrogens with two attached hydrogens (primary N) is 1. The van der Waals surface area contributed by atoms with Gasteiger partial charge in [-0.3, -0.25) is 4.79 Å². The highest BCUT2D eigenvalue weighted by molar-refractivity contribution is 7.13. The molecule has 1 amide bonds. The van der Waals surface area contributed by atoms with Crippen LogP contribution in [0, 0.1) is 0 Å². The lowest BCUT2D eigenvalue weighted by atomic mass is 10.0. The van der Waals surface area contributed by atoms with E-state index in [1.54, 1.807) is 5.38 Å². The van der Waals surface area contributed by atoms with Crippen LogP contribution >= 0.6 is 11.3 Å². The maximum Gasteiger partial charge on any atom is 0.270 e. The maximum absolute atomic E-state index is 11.9. The van der Waals surface area contributed by atoms with E-state index < -0.39 is 0 Å². The van der Waals surface area contributed by atoms with Gasteiger partial charge in [0.05, 0.1) is 0 Å². The zero-order valence-electron chi connectivity index (χ0n) is 12.4. The molecule has 0 bridgehead atoms. The summed E-state index contributed by atoms with van der Waals surface area (Å²) in [6.45, 7) is 5.50. The summed E-state index contributed by atoms with van der Waals surface area (Å²) in [6.07, 6.45) is 0.777. The molecule has 1 aromatic carbocycles. The van der Waals surface area contributed by atoms with E-state index in [1.165, 1.54) is 16.9 Å². The molecule has 2 rings (SSSR count). The normalized spacial score (nSPS) is 10.9.